The predicted molar refractivity (Wildman–Crippen MR) is 289 cm³/mol. The van der Waals surface area contributed by atoms with Crippen LogP contribution in [0.15, 0.2) is 48.6 Å². The largest absolute Gasteiger partial charge is 0.462 e. The molecule has 0 amide bonds. The molecular formula is C61H110O6. The number of carbonyl (C=O) groups excluding carboxylic acids is 3. The number of hydrogen-bond donors (Lipinski definition) is 0. The second-order valence-electron chi connectivity index (χ2n) is 19.5. The SMILES string of the molecule is CC/C=C\C/C=C\C/C=C\CCCCCCCCCCCC(=O)OCC(COC(=O)CCCCCCC/C=C\CCCC)OC(=O)CCCCCCCCCCCCCCCCCCCCC. The summed E-state index contributed by atoms with van der Waals surface area (Å²) in [6.45, 7) is 6.52. The normalized spacial score (nSPS) is 12.3. The van der Waals surface area contributed by atoms with Gasteiger partial charge >= 0.3 is 17.9 Å². The van der Waals surface area contributed by atoms with Crippen molar-refractivity contribution in [1.29, 1.82) is 0 Å². The summed E-state index contributed by atoms with van der Waals surface area (Å²) >= 11 is 0. The van der Waals surface area contributed by atoms with Crippen molar-refractivity contribution in [1.82, 2.24) is 0 Å². The van der Waals surface area contributed by atoms with E-state index in [1.54, 1.807) is 0 Å². The summed E-state index contributed by atoms with van der Waals surface area (Å²) < 4.78 is 16.9. The molecule has 1 atom stereocenters. The van der Waals surface area contributed by atoms with Crippen molar-refractivity contribution in [3.8, 4) is 0 Å². The fourth-order valence-corrected chi connectivity index (χ4v) is 8.44. The lowest BCUT2D eigenvalue weighted by molar-refractivity contribution is -0.167. The van der Waals surface area contributed by atoms with Crippen LogP contribution in [0.4, 0.5) is 0 Å². The molecule has 67 heavy (non-hydrogen) atoms. The molecule has 0 saturated carbocycles. The van der Waals surface area contributed by atoms with E-state index in [0.29, 0.717) is 19.3 Å². The molecule has 0 heterocycles. The number of esters is 3. The molecule has 0 fully saturated rings. The van der Waals surface area contributed by atoms with Gasteiger partial charge in [0.15, 0.2) is 6.10 Å². The van der Waals surface area contributed by atoms with Gasteiger partial charge in [0, 0.05) is 19.3 Å². The Kier molecular flexibility index (Phi) is 53.8. The van der Waals surface area contributed by atoms with Crippen molar-refractivity contribution in [2.75, 3.05) is 13.2 Å². The summed E-state index contributed by atoms with van der Waals surface area (Å²) in [5, 5.41) is 0. The smallest absolute Gasteiger partial charge is 0.306 e. The average molecular weight is 940 g/mol. The van der Waals surface area contributed by atoms with Gasteiger partial charge in [-0.3, -0.25) is 14.4 Å². The van der Waals surface area contributed by atoms with Gasteiger partial charge in [0.05, 0.1) is 0 Å². The van der Waals surface area contributed by atoms with Crippen molar-refractivity contribution >= 4 is 17.9 Å². The molecule has 6 nitrogen and oxygen atoms in total. The average Bonchev–Trinajstić information content (AvgIpc) is 3.33. The zero-order valence-corrected chi connectivity index (χ0v) is 44.7. The Hall–Kier alpha value is -2.63. The quantitative estimate of drug-likeness (QED) is 0.0262. The molecule has 0 aliphatic rings. The molecule has 0 bridgehead atoms. The molecule has 0 aliphatic carbocycles. The van der Waals surface area contributed by atoms with E-state index in [1.165, 1.54) is 180 Å². The van der Waals surface area contributed by atoms with Crippen LogP contribution in [0, 0.1) is 0 Å². The second kappa shape index (κ2) is 56.0. The van der Waals surface area contributed by atoms with E-state index in [2.05, 4.69) is 69.4 Å². The molecule has 6 heteroatoms. The van der Waals surface area contributed by atoms with Crippen LogP contribution in [0.3, 0.4) is 0 Å². The van der Waals surface area contributed by atoms with Gasteiger partial charge in [0.2, 0.25) is 0 Å². The van der Waals surface area contributed by atoms with E-state index in [0.717, 1.165) is 83.5 Å². The minimum atomic E-state index is -0.776. The van der Waals surface area contributed by atoms with E-state index in [9.17, 15) is 14.4 Å². The molecule has 0 aliphatic heterocycles. The lowest BCUT2D eigenvalue weighted by Crippen LogP contribution is -2.30. The van der Waals surface area contributed by atoms with Crippen LogP contribution < -0.4 is 0 Å². The minimum Gasteiger partial charge on any atom is -0.462 e. The number of allylic oxidation sites excluding steroid dienone is 8. The Morgan fingerprint density at radius 3 is 0.970 bits per heavy atom. The fourth-order valence-electron chi connectivity index (χ4n) is 8.44. The summed E-state index contributed by atoms with van der Waals surface area (Å²) in [5.41, 5.74) is 0. The van der Waals surface area contributed by atoms with Crippen LogP contribution in [0.1, 0.15) is 303 Å². The molecule has 0 spiro atoms. The van der Waals surface area contributed by atoms with Crippen molar-refractivity contribution < 1.29 is 28.6 Å². The van der Waals surface area contributed by atoms with Crippen molar-refractivity contribution in [3.63, 3.8) is 0 Å². The number of carbonyl (C=O) groups is 3. The van der Waals surface area contributed by atoms with Crippen LogP contribution in [-0.2, 0) is 28.6 Å². The Bertz CT molecular complexity index is 1170. The monoisotopic (exact) mass is 939 g/mol. The highest BCUT2D eigenvalue weighted by Crippen LogP contribution is 2.17. The summed E-state index contributed by atoms with van der Waals surface area (Å²) in [4.78, 5) is 38.1. The van der Waals surface area contributed by atoms with Crippen molar-refractivity contribution in [2.45, 2.75) is 309 Å². The highest BCUT2D eigenvalue weighted by Gasteiger charge is 2.19. The first-order valence-electron chi connectivity index (χ1n) is 29.1. The van der Waals surface area contributed by atoms with Crippen LogP contribution in [0.2, 0.25) is 0 Å². The number of hydrogen-bond acceptors (Lipinski definition) is 6. The third kappa shape index (κ3) is 54.2. The lowest BCUT2D eigenvalue weighted by Gasteiger charge is -2.18. The van der Waals surface area contributed by atoms with Gasteiger partial charge in [-0.2, -0.15) is 0 Å². The maximum absolute atomic E-state index is 12.9. The summed E-state index contributed by atoms with van der Waals surface area (Å²) in [6, 6.07) is 0. The first kappa shape index (κ1) is 64.4. The maximum atomic E-state index is 12.9. The topological polar surface area (TPSA) is 78.9 Å². The molecule has 0 rings (SSSR count). The third-order valence-corrected chi connectivity index (χ3v) is 12.8. The molecule has 0 aromatic heterocycles. The van der Waals surface area contributed by atoms with Gasteiger partial charge in [-0.25, -0.2) is 0 Å². The Labute approximate surface area is 416 Å². The van der Waals surface area contributed by atoms with Gasteiger partial charge in [-0.05, 0) is 70.6 Å². The van der Waals surface area contributed by atoms with Crippen LogP contribution in [0.25, 0.3) is 0 Å². The first-order valence-corrected chi connectivity index (χ1v) is 29.1. The lowest BCUT2D eigenvalue weighted by atomic mass is 10.0. The molecule has 0 radical (unpaired) electrons. The van der Waals surface area contributed by atoms with E-state index >= 15 is 0 Å². The van der Waals surface area contributed by atoms with Crippen LogP contribution >= 0.6 is 0 Å². The maximum Gasteiger partial charge on any atom is 0.306 e. The van der Waals surface area contributed by atoms with Crippen LogP contribution in [-0.4, -0.2) is 37.2 Å². The standard InChI is InChI=1S/C61H110O6/c1-4-7-10-13-16-19-22-24-26-28-30-32-34-36-39-42-45-48-51-54-60(63)66-57-58(56-65-59(62)53-50-47-44-41-38-21-18-15-12-9-6-3)67-61(64)55-52-49-46-43-40-37-35-33-31-29-27-25-23-20-17-14-11-8-5-2/h7,10,15-16,18-19,24,26,58H,4-6,8-9,11-14,17,20-23,25,27-57H2,1-3H3/b10-7-,18-15-,19-16-,26-24-. The fraction of sp³-hybridized carbons (Fsp3) is 0.820. The molecular weight excluding hydrogens is 829 g/mol. The minimum absolute atomic E-state index is 0.0757. The molecule has 0 N–H and O–H groups in total. The van der Waals surface area contributed by atoms with E-state index < -0.39 is 6.10 Å². The molecule has 0 aromatic carbocycles. The van der Waals surface area contributed by atoms with Gasteiger partial charge in [-0.1, -0.05) is 262 Å². The summed E-state index contributed by atoms with van der Waals surface area (Å²) in [6.07, 6.45) is 68.2. The molecule has 0 saturated heterocycles. The number of unbranched alkanes of at least 4 members (excludes halogenated alkanes) is 34. The number of rotatable bonds is 53. The summed E-state index contributed by atoms with van der Waals surface area (Å²) in [7, 11) is 0. The Morgan fingerprint density at radius 2 is 0.597 bits per heavy atom. The molecule has 0 aromatic rings. The Morgan fingerprint density at radius 1 is 0.313 bits per heavy atom. The van der Waals surface area contributed by atoms with Gasteiger partial charge in [0.1, 0.15) is 13.2 Å². The van der Waals surface area contributed by atoms with E-state index in [4.69, 9.17) is 14.2 Å². The van der Waals surface area contributed by atoms with E-state index in [1.807, 2.05) is 0 Å². The third-order valence-electron chi connectivity index (χ3n) is 12.8. The van der Waals surface area contributed by atoms with Gasteiger partial charge in [-0.15, -0.1) is 0 Å². The molecule has 1 unspecified atom stereocenters. The van der Waals surface area contributed by atoms with E-state index in [-0.39, 0.29) is 31.1 Å². The zero-order valence-electron chi connectivity index (χ0n) is 44.7. The first-order chi connectivity index (χ1) is 33.0. The number of ether oxygens (including phenoxy) is 3. The van der Waals surface area contributed by atoms with Crippen LogP contribution in [0.5, 0.6) is 0 Å². The molecule has 390 valence electrons. The highest BCUT2D eigenvalue weighted by atomic mass is 16.6. The predicted octanol–water partition coefficient (Wildman–Crippen LogP) is 19.4. The van der Waals surface area contributed by atoms with Gasteiger partial charge < -0.3 is 14.2 Å². The summed E-state index contributed by atoms with van der Waals surface area (Å²) in [5.74, 6) is -0.875. The zero-order chi connectivity index (χ0) is 48.6. The van der Waals surface area contributed by atoms with Crippen molar-refractivity contribution in [2.24, 2.45) is 0 Å². The van der Waals surface area contributed by atoms with Crippen molar-refractivity contribution in [3.05, 3.63) is 48.6 Å². The van der Waals surface area contributed by atoms with Gasteiger partial charge in [0.25, 0.3) is 0 Å². The second-order valence-corrected chi connectivity index (χ2v) is 19.5. The Balaban J connectivity index is 4.29. The highest BCUT2D eigenvalue weighted by molar-refractivity contribution is 5.71.